The molecule has 1 aromatic rings. The zero-order chi connectivity index (χ0) is 13.9. The number of carboxylic acid groups (broad SMARTS) is 1. The second kappa shape index (κ2) is 5.12. The van der Waals surface area contributed by atoms with Crippen molar-refractivity contribution in [1.82, 2.24) is 4.90 Å². The van der Waals surface area contributed by atoms with Gasteiger partial charge in [-0.25, -0.2) is 4.79 Å². The van der Waals surface area contributed by atoms with Crippen molar-refractivity contribution in [3.8, 4) is 0 Å². The van der Waals surface area contributed by atoms with Crippen molar-refractivity contribution in [2.45, 2.75) is 18.9 Å². The lowest BCUT2D eigenvalue weighted by molar-refractivity contribution is -0.164. The van der Waals surface area contributed by atoms with Crippen LogP contribution in [0.4, 0.5) is 8.78 Å². The Morgan fingerprint density at radius 3 is 2.22 bits per heavy atom. The van der Waals surface area contributed by atoms with Crippen LogP contribution in [0.3, 0.4) is 0 Å². The molecule has 0 radical (unpaired) electrons. The van der Waals surface area contributed by atoms with E-state index in [2.05, 4.69) is 0 Å². The second-order valence-electron chi connectivity index (χ2n) is 3.87. The fourth-order valence-corrected chi connectivity index (χ4v) is 1.33. The Morgan fingerprint density at radius 2 is 1.78 bits per heavy atom. The van der Waals surface area contributed by atoms with Crippen LogP contribution in [0, 0.1) is 0 Å². The standard InChI is InChI=1S/C12H13F2NO3/c1-8(10(16)17)15(2)11(18)12(13,14)9-6-4-3-5-7-9/h3-8H,1-2H3,(H,16,17). The minimum Gasteiger partial charge on any atom is -0.480 e. The molecule has 0 heterocycles. The molecule has 98 valence electrons. The lowest BCUT2D eigenvalue weighted by Gasteiger charge is -2.26. The first-order valence-corrected chi connectivity index (χ1v) is 5.22. The number of aliphatic carboxylic acids is 1. The average Bonchev–Trinajstić information content (AvgIpc) is 2.36. The molecule has 6 heteroatoms. The van der Waals surface area contributed by atoms with E-state index in [-0.39, 0.29) is 0 Å². The molecule has 1 unspecified atom stereocenters. The lowest BCUT2D eigenvalue weighted by Crippen LogP contribution is -2.47. The number of alkyl halides is 2. The Hall–Kier alpha value is -1.98. The maximum absolute atomic E-state index is 13.8. The van der Waals surface area contributed by atoms with Crippen LogP contribution < -0.4 is 0 Å². The molecule has 1 aromatic carbocycles. The van der Waals surface area contributed by atoms with Crippen LogP contribution >= 0.6 is 0 Å². The molecular weight excluding hydrogens is 244 g/mol. The number of carboxylic acids is 1. The van der Waals surface area contributed by atoms with Crippen LogP contribution in [0.2, 0.25) is 0 Å². The molecule has 4 nitrogen and oxygen atoms in total. The molecule has 0 fully saturated rings. The molecule has 1 rings (SSSR count). The van der Waals surface area contributed by atoms with E-state index < -0.39 is 29.4 Å². The summed E-state index contributed by atoms with van der Waals surface area (Å²) in [5, 5.41) is 8.70. The third-order valence-electron chi connectivity index (χ3n) is 2.66. The summed E-state index contributed by atoms with van der Waals surface area (Å²) >= 11 is 0. The molecule has 0 bridgehead atoms. The molecule has 0 aliphatic heterocycles. The molecule has 1 amide bonds. The van der Waals surface area contributed by atoms with Gasteiger partial charge in [0.2, 0.25) is 0 Å². The summed E-state index contributed by atoms with van der Waals surface area (Å²) < 4.78 is 27.7. The van der Waals surface area contributed by atoms with E-state index in [1.807, 2.05) is 0 Å². The Bertz CT molecular complexity index is 448. The van der Waals surface area contributed by atoms with E-state index in [1.54, 1.807) is 6.07 Å². The SMILES string of the molecule is CC(C(=O)O)N(C)C(=O)C(F)(F)c1ccccc1. The Balaban J connectivity index is 2.99. The minimum absolute atomic E-state index is 0.459. The summed E-state index contributed by atoms with van der Waals surface area (Å²) in [7, 11) is 1.04. The highest BCUT2D eigenvalue weighted by Gasteiger charge is 2.44. The van der Waals surface area contributed by atoms with Crippen LogP contribution in [0.25, 0.3) is 0 Å². The molecule has 0 aromatic heterocycles. The highest BCUT2D eigenvalue weighted by molar-refractivity contribution is 5.88. The van der Waals surface area contributed by atoms with Gasteiger partial charge >= 0.3 is 11.9 Å². The van der Waals surface area contributed by atoms with Gasteiger partial charge in [-0.15, -0.1) is 0 Å². The van der Waals surface area contributed by atoms with Gasteiger partial charge in [0.15, 0.2) is 0 Å². The fourth-order valence-electron chi connectivity index (χ4n) is 1.33. The summed E-state index contributed by atoms with van der Waals surface area (Å²) in [6.07, 6.45) is 0. The van der Waals surface area contributed by atoms with Crippen molar-refractivity contribution in [2.75, 3.05) is 7.05 Å². The molecule has 1 atom stereocenters. The number of halogens is 2. The van der Waals surface area contributed by atoms with Gasteiger partial charge in [-0.2, -0.15) is 8.78 Å². The smallest absolute Gasteiger partial charge is 0.349 e. The summed E-state index contributed by atoms with van der Waals surface area (Å²) in [6.45, 7) is 1.17. The number of likely N-dealkylation sites (N-methyl/N-ethyl adjacent to an activating group) is 1. The zero-order valence-electron chi connectivity index (χ0n) is 9.93. The first-order valence-electron chi connectivity index (χ1n) is 5.22. The summed E-state index contributed by atoms with van der Waals surface area (Å²) in [6, 6.07) is 5.25. The predicted octanol–water partition coefficient (Wildman–Crippen LogP) is 1.71. The Kier molecular flexibility index (Phi) is 4.00. The Morgan fingerprint density at radius 1 is 1.28 bits per heavy atom. The Labute approximate surface area is 103 Å². The van der Waals surface area contributed by atoms with Gasteiger partial charge in [-0.1, -0.05) is 30.3 Å². The molecular formula is C12H13F2NO3. The fraction of sp³-hybridized carbons (Fsp3) is 0.333. The minimum atomic E-state index is -3.74. The topological polar surface area (TPSA) is 57.6 Å². The normalized spacial score (nSPS) is 12.9. The van der Waals surface area contributed by atoms with Crippen molar-refractivity contribution in [3.63, 3.8) is 0 Å². The van der Waals surface area contributed by atoms with Crippen LogP contribution in [0.15, 0.2) is 30.3 Å². The number of nitrogens with zero attached hydrogens (tertiary/aromatic N) is 1. The van der Waals surface area contributed by atoms with E-state index in [0.717, 1.165) is 19.2 Å². The third-order valence-corrected chi connectivity index (χ3v) is 2.66. The van der Waals surface area contributed by atoms with E-state index >= 15 is 0 Å². The molecule has 0 saturated carbocycles. The molecule has 18 heavy (non-hydrogen) atoms. The van der Waals surface area contributed by atoms with Crippen LogP contribution in [0.5, 0.6) is 0 Å². The summed E-state index contributed by atoms with van der Waals surface area (Å²) in [4.78, 5) is 22.8. The third kappa shape index (κ3) is 2.64. The molecule has 0 aliphatic carbocycles. The van der Waals surface area contributed by atoms with E-state index in [4.69, 9.17) is 5.11 Å². The predicted molar refractivity (Wildman–Crippen MR) is 60.2 cm³/mol. The number of amides is 1. The number of hydrogen-bond acceptors (Lipinski definition) is 2. The van der Waals surface area contributed by atoms with E-state index in [0.29, 0.717) is 4.90 Å². The van der Waals surface area contributed by atoms with Crippen molar-refractivity contribution in [3.05, 3.63) is 35.9 Å². The van der Waals surface area contributed by atoms with E-state index in [1.165, 1.54) is 19.1 Å². The number of hydrogen-bond donors (Lipinski definition) is 1. The highest BCUT2D eigenvalue weighted by Crippen LogP contribution is 2.30. The number of carbonyl (C=O) groups excluding carboxylic acids is 1. The van der Waals surface area contributed by atoms with Crippen LogP contribution in [-0.2, 0) is 15.5 Å². The lowest BCUT2D eigenvalue weighted by atomic mass is 10.1. The number of rotatable bonds is 4. The van der Waals surface area contributed by atoms with Gasteiger partial charge in [0.05, 0.1) is 0 Å². The average molecular weight is 257 g/mol. The van der Waals surface area contributed by atoms with Gasteiger partial charge in [-0.3, -0.25) is 4.79 Å². The summed E-state index contributed by atoms with van der Waals surface area (Å²) in [5.74, 6) is -6.61. The molecule has 0 spiro atoms. The zero-order valence-corrected chi connectivity index (χ0v) is 9.93. The molecule has 0 aliphatic rings. The van der Waals surface area contributed by atoms with Gasteiger partial charge < -0.3 is 10.0 Å². The quantitative estimate of drug-likeness (QED) is 0.893. The van der Waals surface area contributed by atoms with Gasteiger partial charge in [0.25, 0.3) is 5.91 Å². The maximum Gasteiger partial charge on any atom is 0.349 e. The van der Waals surface area contributed by atoms with Crippen LogP contribution in [-0.4, -0.2) is 35.0 Å². The number of carbonyl (C=O) groups is 2. The van der Waals surface area contributed by atoms with Crippen LogP contribution in [0.1, 0.15) is 12.5 Å². The number of benzene rings is 1. The van der Waals surface area contributed by atoms with Crippen molar-refractivity contribution >= 4 is 11.9 Å². The highest BCUT2D eigenvalue weighted by atomic mass is 19.3. The summed E-state index contributed by atoms with van der Waals surface area (Å²) in [5.41, 5.74) is -0.459. The van der Waals surface area contributed by atoms with Gasteiger partial charge in [-0.05, 0) is 6.92 Å². The van der Waals surface area contributed by atoms with Gasteiger partial charge in [0.1, 0.15) is 6.04 Å². The maximum atomic E-state index is 13.8. The van der Waals surface area contributed by atoms with E-state index in [9.17, 15) is 18.4 Å². The first kappa shape index (κ1) is 14.1. The molecule has 1 N–H and O–H groups in total. The second-order valence-corrected chi connectivity index (χ2v) is 3.87. The largest absolute Gasteiger partial charge is 0.480 e. The monoisotopic (exact) mass is 257 g/mol. The van der Waals surface area contributed by atoms with Crippen molar-refractivity contribution < 1.29 is 23.5 Å². The van der Waals surface area contributed by atoms with Crippen molar-refractivity contribution in [2.24, 2.45) is 0 Å². The van der Waals surface area contributed by atoms with Gasteiger partial charge in [0, 0.05) is 12.6 Å². The molecule has 0 saturated heterocycles. The first-order chi connectivity index (χ1) is 8.28. The van der Waals surface area contributed by atoms with Crippen molar-refractivity contribution in [1.29, 1.82) is 0 Å².